The molecule has 1 aromatic carbocycles. The van der Waals surface area contributed by atoms with Gasteiger partial charge in [-0.2, -0.15) is 0 Å². The van der Waals surface area contributed by atoms with E-state index in [2.05, 4.69) is 4.98 Å². The maximum atomic E-state index is 10.8. The second-order valence-electron chi connectivity index (χ2n) is 3.23. The summed E-state index contributed by atoms with van der Waals surface area (Å²) < 4.78 is 0. The van der Waals surface area contributed by atoms with Crippen molar-refractivity contribution in [3.8, 4) is 0 Å². The molecule has 0 saturated carbocycles. The Kier molecular flexibility index (Phi) is 3.24. The molecule has 0 spiro atoms. The van der Waals surface area contributed by atoms with Crippen LogP contribution < -0.4 is 5.73 Å². The number of aromatic nitrogens is 1. The molecule has 17 heavy (non-hydrogen) atoms. The zero-order valence-corrected chi connectivity index (χ0v) is 9.55. The van der Waals surface area contributed by atoms with E-state index in [1.165, 1.54) is 17.8 Å². The van der Waals surface area contributed by atoms with Crippen molar-refractivity contribution < 1.29 is 4.92 Å². The summed E-state index contributed by atoms with van der Waals surface area (Å²) in [6.07, 6.45) is 0. The standard InChI is InChI=1S/C11H9N3O2S/c12-10-6-3-7-11(13-10)17-9-5-2-1-4-8(9)14(15)16/h1-7H,(H2,12,13). The predicted molar refractivity (Wildman–Crippen MR) is 65.9 cm³/mol. The van der Waals surface area contributed by atoms with Crippen molar-refractivity contribution in [2.75, 3.05) is 5.73 Å². The molecular weight excluding hydrogens is 238 g/mol. The minimum atomic E-state index is -0.408. The third-order valence-corrected chi connectivity index (χ3v) is 3.02. The number of rotatable bonds is 3. The van der Waals surface area contributed by atoms with E-state index in [9.17, 15) is 10.1 Å². The summed E-state index contributed by atoms with van der Waals surface area (Å²) in [6.45, 7) is 0. The first-order chi connectivity index (χ1) is 8.16. The highest BCUT2D eigenvalue weighted by atomic mass is 32.2. The van der Waals surface area contributed by atoms with Crippen LogP contribution in [0.25, 0.3) is 0 Å². The van der Waals surface area contributed by atoms with E-state index in [1.54, 1.807) is 36.4 Å². The highest BCUT2D eigenvalue weighted by molar-refractivity contribution is 7.99. The van der Waals surface area contributed by atoms with Gasteiger partial charge in [0.05, 0.1) is 9.82 Å². The van der Waals surface area contributed by atoms with Crippen molar-refractivity contribution in [2.24, 2.45) is 0 Å². The number of pyridine rings is 1. The highest BCUT2D eigenvalue weighted by Gasteiger charge is 2.13. The van der Waals surface area contributed by atoms with E-state index in [0.717, 1.165) is 0 Å². The smallest absolute Gasteiger partial charge is 0.283 e. The van der Waals surface area contributed by atoms with Gasteiger partial charge >= 0.3 is 0 Å². The van der Waals surface area contributed by atoms with Crippen LogP contribution >= 0.6 is 11.8 Å². The van der Waals surface area contributed by atoms with Gasteiger partial charge in [0.2, 0.25) is 0 Å². The van der Waals surface area contributed by atoms with Crippen LogP contribution in [0.5, 0.6) is 0 Å². The Morgan fingerprint density at radius 2 is 1.94 bits per heavy atom. The molecule has 86 valence electrons. The molecule has 0 bridgehead atoms. The monoisotopic (exact) mass is 247 g/mol. The van der Waals surface area contributed by atoms with Crippen LogP contribution in [-0.4, -0.2) is 9.91 Å². The zero-order valence-electron chi connectivity index (χ0n) is 8.74. The van der Waals surface area contributed by atoms with Gasteiger partial charge in [-0.1, -0.05) is 30.0 Å². The minimum Gasteiger partial charge on any atom is -0.384 e. The Balaban J connectivity index is 2.33. The quantitative estimate of drug-likeness (QED) is 0.666. The van der Waals surface area contributed by atoms with Crippen LogP contribution in [0, 0.1) is 10.1 Å². The zero-order chi connectivity index (χ0) is 12.3. The van der Waals surface area contributed by atoms with Gasteiger partial charge in [0.15, 0.2) is 0 Å². The molecule has 0 fully saturated rings. The molecule has 6 heteroatoms. The number of benzene rings is 1. The van der Waals surface area contributed by atoms with Crippen molar-refractivity contribution >= 4 is 23.3 Å². The Labute approximate surface area is 102 Å². The minimum absolute atomic E-state index is 0.0710. The molecule has 0 atom stereocenters. The summed E-state index contributed by atoms with van der Waals surface area (Å²) in [5.74, 6) is 0.397. The normalized spacial score (nSPS) is 10.1. The maximum absolute atomic E-state index is 10.8. The van der Waals surface area contributed by atoms with Gasteiger partial charge in [-0.3, -0.25) is 10.1 Å². The lowest BCUT2D eigenvalue weighted by Gasteiger charge is -2.02. The average molecular weight is 247 g/mol. The molecular formula is C11H9N3O2S. The third kappa shape index (κ3) is 2.73. The van der Waals surface area contributed by atoms with Gasteiger partial charge in [0.1, 0.15) is 10.8 Å². The van der Waals surface area contributed by atoms with Gasteiger partial charge in [0, 0.05) is 6.07 Å². The first-order valence-corrected chi connectivity index (χ1v) is 5.62. The second kappa shape index (κ2) is 4.84. The lowest BCUT2D eigenvalue weighted by Crippen LogP contribution is -1.92. The van der Waals surface area contributed by atoms with Crippen LogP contribution in [0.15, 0.2) is 52.4 Å². The van der Waals surface area contributed by atoms with Gasteiger partial charge in [-0.25, -0.2) is 4.98 Å². The van der Waals surface area contributed by atoms with E-state index in [-0.39, 0.29) is 5.69 Å². The maximum Gasteiger partial charge on any atom is 0.283 e. The van der Waals surface area contributed by atoms with Crippen LogP contribution in [0.3, 0.4) is 0 Å². The molecule has 0 unspecified atom stereocenters. The fourth-order valence-electron chi connectivity index (χ4n) is 1.29. The average Bonchev–Trinajstić information content (AvgIpc) is 2.29. The lowest BCUT2D eigenvalue weighted by molar-refractivity contribution is -0.387. The summed E-state index contributed by atoms with van der Waals surface area (Å²) in [6, 6.07) is 11.7. The van der Waals surface area contributed by atoms with Crippen molar-refractivity contribution in [3.63, 3.8) is 0 Å². The third-order valence-electron chi connectivity index (χ3n) is 2.02. The molecule has 0 aliphatic carbocycles. The number of hydrogen-bond acceptors (Lipinski definition) is 5. The topological polar surface area (TPSA) is 82.0 Å². The molecule has 1 heterocycles. The van der Waals surface area contributed by atoms with Gasteiger partial charge in [-0.05, 0) is 18.2 Å². The lowest BCUT2D eigenvalue weighted by atomic mass is 10.3. The van der Waals surface area contributed by atoms with Gasteiger partial charge < -0.3 is 5.73 Å². The molecule has 2 aromatic rings. The van der Waals surface area contributed by atoms with E-state index < -0.39 is 4.92 Å². The van der Waals surface area contributed by atoms with E-state index in [1.807, 2.05) is 0 Å². The summed E-state index contributed by atoms with van der Waals surface area (Å²) in [5.41, 5.74) is 5.62. The largest absolute Gasteiger partial charge is 0.384 e. The number of hydrogen-bond donors (Lipinski definition) is 1. The predicted octanol–water partition coefficient (Wildman–Crippen LogP) is 2.72. The summed E-state index contributed by atoms with van der Waals surface area (Å²) in [4.78, 5) is 15.1. The summed E-state index contributed by atoms with van der Waals surface area (Å²) in [5, 5.41) is 11.5. The number of nitrogens with two attached hydrogens (primary N) is 1. The number of para-hydroxylation sites is 1. The molecule has 5 nitrogen and oxygen atoms in total. The number of nitro groups is 1. The molecule has 2 N–H and O–H groups in total. The SMILES string of the molecule is Nc1cccc(Sc2ccccc2[N+](=O)[O-])n1. The summed E-state index contributed by atoms with van der Waals surface area (Å²) >= 11 is 1.22. The number of nitrogen functional groups attached to an aromatic ring is 1. The first-order valence-electron chi connectivity index (χ1n) is 4.80. The first kappa shape index (κ1) is 11.4. The molecule has 0 amide bonds. The van der Waals surface area contributed by atoms with Crippen LogP contribution in [0.1, 0.15) is 0 Å². The number of nitrogens with zero attached hydrogens (tertiary/aromatic N) is 2. The molecule has 1 aromatic heterocycles. The van der Waals surface area contributed by atoms with Gasteiger partial charge in [-0.15, -0.1) is 0 Å². The van der Waals surface area contributed by atoms with Crippen molar-refractivity contribution in [1.29, 1.82) is 0 Å². The van der Waals surface area contributed by atoms with Crippen LogP contribution in [0.4, 0.5) is 11.5 Å². The van der Waals surface area contributed by atoms with Crippen LogP contribution in [-0.2, 0) is 0 Å². The molecule has 0 aliphatic rings. The van der Waals surface area contributed by atoms with Crippen molar-refractivity contribution in [1.82, 2.24) is 4.98 Å². The molecule has 2 rings (SSSR count). The number of nitro benzene ring substituents is 1. The fourth-order valence-corrected chi connectivity index (χ4v) is 2.21. The molecule has 0 saturated heterocycles. The summed E-state index contributed by atoms with van der Waals surface area (Å²) in [7, 11) is 0. The van der Waals surface area contributed by atoms with Crippen LogP contribution in [0.2, 0.25) is 0 Å². The fraction of sp³-hybridized carbons (Fsp3) is 0. The Hall–Kier alpha value is -2.08. The Morgan fingerprint density at radius 3 is 2.65 bits per heavy atom. The number of anilines is 1. The van der Waals surface area contributed by atoms with Gasteiger partial charge in [0.25, 0.3) is 5.69 Å². The highest BCUT2D eigenvalue weighted by Crippen LogP contribution is 2.33. The van der Waals surface area contributed by atoms with Crippen molar-refractivity contribution in [2.45, 2.75) is 9.92 Å². The molecule has 0 radical (unpaired) electrons. The van der Waals surface area contributed by atoms with E-state index in [0.29, 0.717) is 15.7 Å². The van der Waals surface area contributed by atoms with Crippen molar-refractivity contribution in [3.05, 3.63) is 52.6 Å². The van der Waals surface area contributed by atoms with E-state index >= 15 is 0 Å². The molecule has 0 aliphatic heterocycles. The Bertz CT molecular complexity index is 560. The van der Waals surface area contributed by atoms with E-state index in [4.69, 9.17) is 5.73 Å². The second-order valence-corrected chi connectivity index (χ2v) is 4.29. The Morgan fingerprint density at radius 1 is 1.18 bits per heavy atom.